The Kier molecular flexibility index (Phi) is 5.16. The molecule has 0 amide bonds. The first-order valence-electron chi connectivity index (χ1n) is 6.09. The highest BCUT2D eigenvalue weighted by atomic mass is 35.5. The minimum absolute atomic E-state index is 0.00780. The van der Waals surface area contributed by atoms with Gasteiger partial charge in [0.2, 0.25) is 0 Å². The molecule has 0 spiro atoms. The standard InChI is InChI=1S/C13H18ClF2NO2S/c1-5-17-12(13(2,3)20(4,18)19)8-6-10(15)11(16)7-9(8)14/h6-7,12,17H,5H2,1-4H3. The van der Waals surface area contributed by atoms with Gasteiger partial charge in [0.25, 0.3) is 0 Å². The Morgan fingerprint density at radius 1 is 1.30 bits per heavy atom. The second kappa shape index (κ2) is 5.95. The van der Waals surface area contributed by atoms with E-state index < -0.39 is 32.3 Å². The molecule has 1 atom stereocenters. The van der Waals surface area contributed by atoms with Crippen LogP contribution in [0.15, 0.2) is 12.1 Å². The molecule has 0 aliphatic carbocycles. The molecule has 0 aliphatic heterocycles. The lowest BCUT2D eigenvalue weighted by molar-refractivity contribution is 0.424. The fraction of sp³-hybridized carbons (Fsp3) is 0.538. The largest absolute Gasteiger partial charge is 0.309 e. The van der Waals surface area contributed by atoms with E-state index in [9.17, 15) is 17.2 Å². The van der Waals surface area contributed by atoms with Gasteiger partial charge in [-0.2, -0.15) is 0 Å². The topological polar surface area (TPSA) is 46.2 Å². The van der Waals surface area contributed by atoms with Crippen LogP contribution in [-0.4, -0.2) is 26.0 Å². The van der Waals surface area contributed by atoms with E-state index in [1.165, 1.54) is 13.8 Å². The molecule has 0 radical (unpaired) electrons. The third-order valence-corrected chi connectivity index (χ3v) is 5.88. The summed E-state index contributed by atoms with van der Waals surface area (Å²) < 4.78 is 49.3. The van der Waals surface area contributed by atoms with E-state index in [1.807, 2.05) is 0 Å². The maximum Gasteiger partial charge on any atom is 0.160 e. The molecular weight excluding hydrogens is 308 g/mol. The highest BCUT2D eigenvalue weighted by molar-refractivity contribution is 7.92. The lowest BCUT2D eigenvalue weighted by Crippen LogP contribution is -2.45. The van der Waals surface area contributed by atoms with Crippen LogP contribution >= 0.6 is 11.6 Å². The predicted octanol–water partition coefficient (Wildman–Crippen LogP) is 3.09. The molecule has 7 heteroatoms. The quantitative estimate of drug-likeness (QED) is 0.846. The molecule has 20 heavy (non-hydrogen) atoms. The lowest BCUT2D eigenvalue weighted by Gasteiger charge is -2.34. The zero-order chi connectivity index (χ0) is 15.7. The average molecular weight is 326 g/mol. The number of rotatable bonds is 5. The highest BCUT2D eigenvalue weighted by Crippen LogP contribution is 2.36. The van der Waals surface area contributed by atoms with Crippen LogP contribution in [0.5, 0.6) is 0 Å². The van der Waals surface area contributed by atoms with Crippen LogP contribution in [-0.2, 0) is 9.84 Å². The minimum Gasteiger partial charge on any atom is -0.309 e. The van der Waals surface area contributed by atoms with Crippen molar-refractivity contribution in [2.75, 3.05) is 12.8 Å². The van der Waals surface area contributed by atoms with Gasteiger partial charge in [0.05, 0.1) is 10.8 Å². The summed E-state index contributed by atoms with van der Waals surface area (Å²) in [6, 6.07) is 1.05. The normalized spacial score (nSPS) is 14.3. The van der Waals surface area contributed by atoms with Crippen molar-refractivity contribution >= 4 is 21.4 Å². The van der Waals surface area contributed by atoms with E-state index >= 15 is 0 Å². The van der Waals surface area contributed by atoms with Gasteiger partial charge in [-0.05, 0) is 38.1 Å². The zero-order valence-electron chi connectivity index (χ0n) is 11.8. The van der Waals surface area contributed by atoms with E-state index in [0.717, 1.165) is 18.4 Å². The van der Waals surface area contributed by atoms with Crippen LogP contribution in [0.1, 0.15) is 32.4 Å². The Morgan fingerprint density at radius 3 is 2.25 bits per heavy atom. The number of sulfone groups is 1. The van der Waals surface area contributed by atoms with Crippen LogP contribution in [0, 0.1) is 11.6 Å². The monoisotopic (exact) mass is 325 g/mol. The second-order valence-corrected chi connectivity index (χ2v) is 8.16. The number of hydrogen-bond donors (Lipinski definition) is 1. The first kappa shape index (κ1) is 17.3. The first-order valence-corrected chi connectivity index (χ1v) is 8.36. The molecule has 0 bridgehead atoms. The van der Waals surface area contributed by atoms with Gasteiger partial charge in [0, 0.05) is 11.3 Å². The summed E-state index contributed by atoms with van der Waals surface area (Å²) in [6.07, 6.45) is 1.10. The molecule has 0 aromatic heterocycles. The van der Waals surface area contributed by atoms with Crippen molar-refractivity contribution in [3.8, 4) is 0 Å². The van der Waals surface area contributed by atoms with Crippen molar-refractivity contribution in [3.63, 3.8) is 0 Å². The number of nitrogens with one attached hydrogen (secondary N) is 1. The molecule has 0 heterocycles. The van der Waals surface area contributed by atoms with E-state index in [-0.39, 0.29) is 10.6 Å². The van der Waals surface area contributed by atoms with Crippen molar-refractivity contribution in [2.45, 2.75) is 31.6 Å². The maximum atomic E-state index is 13.4. The molecule has 0 saturated carbocycles. The molecule has 114 valence electrons. The molecular formula is C13H18ClF2NO2S. The minimum atomic E-state index is -3.45. The summed E-state index contributed by atoms with van der Waals surface area (Å²) in [5, 5.41) is 2.97. The highest BCUT2D eigenvalue weighted by Gasteiger charge is 2.40. The van der Waals surface area contributed by atoms with Gasteiger partial charge in [0.1, 0.15) is 0 Å². The summed E-state index contributed by atoms with van der Waals surface area (Å²) in [5.41, 5.74) is 0.225. The average Bonchev–Trinajstić information content (AvgIpc) is 2.29. The molecule has 1 aromatic rings. The van der Waals surface area contributed by atoms with E-state index in [2.05, 4.69) is 5.32 Å². The van der Waals surface area contributed by atoms with E-state index in [1.54, 1.807) is 6.92 Å². The van der Waals surface area contributed by atoms with E-state index in [4.69, 9.17) is 11.6 Å². The summed E-state index contributed by atoms with van der Waals surface area (Å²) >= 11 is 5.95. The third-order valence-electron chi connectivity index (χ3n) is 3.41. The molecule has 0 aliphatic rings. The Balaban J connectivity index is 3.46. The Labute approximate surface area is 123 Å². The van der Waals surface area contributed by atoms with Gasteiger partial charge in [-0.3, -0.25) is 0 Å². The van der Waals surface area contributed by atoms with Crippen LogP contribution in [0.3, 0.4) is 0 Å². The predicted molar refractivity (Wildman–Crippen MR) is 76.7 cm³/mol. The Hall–Kier alpha value is -0.720. The van der Waals surface area contributed by atoms with Crippen LogP contribution in [0.4, 0.5) is 8.78 Å². The summed E-state index contributed by atoms with van der Waals surface area (Å²) in [5.74, 6) is -2.12. The zero-order valence-corrected chi connectivity index (χ0v) is 13.4. The van der Waals surface area contributed by atoms with Crippen molar-refractivity contribution in [3.05, 3.63) is 34.4 Å². The fourth-order valence-corrected chi connectivity index (χ4v) is 2.81. The van der Waals surface area contributed by atoms with Crippen molar-refractivity contribution in [1.82, 2.24) is 5.32 Å². The SMILES string of the molecule is CCNC(c1cc(F)c(F)cc1Cl)C(C)(C)S(C)(=O)=O. The van der Waals surface area contributed by atoms with Gasteiger partial charge in [-0.15, -0.1) is 0 Å². The van der Waals surface area contributed by atoms with Crippen LogP contribution in [0.25, 0.3) is 0 Å². The maximum absolute atomic E-state index is 13.4. The van der Waals surface area contributed by atoms with Crippen molar-refractivity contribution < 1.29 is 17.2 Å². The van der Waals surface area contributed by atoms with E-state index in [0.29, 0.717) is 6.54 Å². The molecule has 0 fully saturated rings. The third kappa shape index (κ3) is 3.30. The molecule has 1 unspecified atom stereocenters. The van der Waals surface area contributed by atoms with Crippen molar-refractivity contribution in [2.24, 2.45) is 0 Å². The van der Waals surface area contributed by atoms with Gasteiger partial charge in [0.15, 0.2) is 21.5 Å². The van der Waals surface area contributed by atoms with Crippen LogP contribution in [0.2, 0.25) is 5.02 Å². The second-order valence-electron chi connectivity index (χ2n) is 5.15. The number of hydrogen-bond acceptors (Lipinski definition) is 3. The molecule has 1 rings (SSSR count). The molecule has 0 saturated heterocycles. The first-order chi connectivity index (χ1) is 9.02. The van der Waals surface area contributed by atoms with Crippen molar-refractivity contribution in [1.29, 1.82) is 0 Å². The van der Waals surface area contributed by atoms with Gasteiger partial charge in [-0.1, -0.05) is 18.5 Å². The van der Waals surface area contributed by atoms with Gasteiger partial charge >= 0.3 is 0 Å². The molecule has 1 aromatic carbocycles. The van der Waals surface area contributed by atoms with Gasteiger partial charge in [-0.25, -0.2) is 17.2 Å². The smallest absolute Gasteiger partial charge is 0.160 e. The Morgan fingerprint density at radius 2 is 1.80 bits per heavy atom. The number of benzene rings is 1. The van der Waals surface area contributed by atoms with Crippen LogP contribution < -0.4 is 5.32 Å². The summed E-state index contributed by atoms with van der Waals surface area (Å²) in [6.45, 7) is 5.29. The number of halogens is 3. The fourth-order valence-electron chi connectivity index (χ4n) is 1.91. The summed E-state index contributed by atoms with van der Waals surface area (Å²) in [7, 11) is -3.45. The lowest BCUT2D eigenvalue weighted by atomic mass is 9.94. The summed E-state index contributed by atoms with van der Waals surface area (Å²) in [4.78, 5) is 0. The Bertz CT molecular complexity index is 603. The molecule has 3 nitrogen and oxygen atoms in total. The van der Waals surface area contributed by atoms with Gasteiger partial charge < -0.3 is 5.32 Å². The molecule has 1 N–H and O–H groups in total.